The minimum absolute atomic E-state index is 0.0373. The molecule has 1 amide bonds. The molecule has 2 rings (SSSR count). The standard InChI is InChI=1S/C16H28N4O2/c1-10(2)18-15(21)22-12-7-6-11(8-12)13-9-14(17)20(19-13)16(3,4)5/h9-12H,6-8,17H2,1-5H3,(H,18,21)/t11-,12?/m0/s1. The molecule has 0 bridgehead atoms. The lowest BCUT2D eigenvalue weighted by Crippen LogP contribution is -2.33. The van der Waals surface area contributed by atoms with Crippen LogP contribution in [0.1, 0.15) is 65.5 Å². The number of hydrogen-bond donors (Lipinski definition) is 2. The molecule has 1 aromatic rings. The molecular formula is C16H28N4O2. The van der Waals surface area contributed by atoms with Gasteiger partial charge in [0.05, 0.1) is 11.2 Å². The van der Waals surface area contributed by atoms with Crippen molar-refractivity contribution in [3.05, 3.63) is 11.8 Å². The van der Waals surface area contributed by atoms with Gasteiger partial charge in [0, 0.05) is 18.0 Å². The Morgan fingerprint density at radius 2 is 2.14 bits per heavy atom. The van der Waals surface area contributed by atoms with Crippen LogP contribution in [0.3, 0.4) is 0 Å². The second kappa shape index (κ2) is 6.18. The topological polar surface area (TPSA) is 82.2 Å². The van der Waals surface area contributed by atoms with Crippen molar-refractivity contribution >= 4 is 11.9 Å². The number of nitrogens with zero attached hydrogens (tertiary/aromatic N) is 2. The Labute approximate surface area is 132 Å². The SMILES string of the molecule is CC(C)NC(=O)OC1CC[C@H](c2cc(N)n(C(C)(C)C)n2)C1. The highest BCUT2D eigenvalue weighted by molar-refractivity contribution is 5.67. The normalized spacial score (nSPS) is 22.1. The van der Waals surface area contributed by atoms with Crippen LogP contribution in [0.2, 0.25) is 0 Å². The zero-order valence-corrected chi connectivity index (χ0v) is 14.2. The van der Waals surface area contributed by atoms with Crippen LogP contribution in [0.4, 0.5) is 10.6 Å². The molecule has 1 saturated carbocycles. The van der Waals surface area contributed by atoms with Crippen molar-refractivity contribution in [3.8, 4) is 0 Å². The monoisotopic (exact) mass is 308 g/mol. The molecule has 0 saturated heterocycles. The molecule has 1 aliphatic rings. The Morgan fingerprint density at radius 1 is 1.45 bits per heavy atom. The number of alkyl carbamates (subject to hydrolysis) is 1. The quantitative estimate of drug-likeness (QED) is 0.899. The molecular weight excluding hydrogens is 280 g/mol. The van der Waals surface area contributed by atoms with Gasteiger partial charge in [0.25, 0.3) is 0 Å². The predicted octanol–water partition coefficient (Wildman–Crippen LogP) is 2.99. The first-order valence-electron chi connectivity index (χ1n) is 8.00. The van der Waals surface area contributed by atoms with E-state index in [9.17, 15) is 4.79 Å². The van der Waals surface area contributed by atoms with Crippen LogP contribution in [-0.4, -0.2) is 28.0 Å². The highest BCUT2D eigenvalue weighted by Gasteiger charge is 2.31. The van der Waals surface area contributed by atoms with Crippen molar-refractivity contribution in [2.45, 2.75) is 77.5 Å². The molecule has 1 unspecified atom stereocenters. The third-order valence-electron chi connectivity index (χ3n) is 3.87. The number of ether oxygens (including phenoxy) is 1. The largest absolute Gasteiger partial charge is 0.446 e. The van der Waals surface area contributed by atoms with Gasteiger partial charge in [-0.2, -0.15) is 5.10 Å². The van der Waals surface area contributed by atoms with Crippen molar-refractivity contribution in [1.82, 2.24) is 15.1 Å². The van der Waals surface area contributed by atoms with Crippen LogP contribution in [0.15, 0.2) is 6.07 Å². The number of nitrogens with one attached hydrogen (secondary N) is 1. The van der Waals surface area contributed by atoms with Crippen molar-refractivity contribution < 1.29 is 9.53 Å². The van der Waals surface area contributed by atoms with Crippen LogP contribution in [0.25, 0.3) is 0 Å². The lowest BCUT2D eigenvalue weighted by molar-refractivity contribution is 0.0981. The minimum atomic E-state index is -0.333. The van der Waals surface area contributed by atoms with E-state index in [1.807, 2.05) is 24.6 Å². The van der Waals surface area contributed by atoms with Gasteiger partial charge in [-0.05, 0) is 53.9 Å². The first kappa shape index (κ1) is 16.6. The number of aromatic nitrogens is 2. The third kappa shape index (κ3) is 3.93. The Bertz CT molecular complexity index is 531. The average Bonchev–Trinajstić information content (AvgIpc) is 2.93. The average molecular weight is 308 g/mol. The third-order valence-corrected chi connectivity index (χ3v) is 3.87. The smallest absolute Gasteiger partial charge is 0.407 e. The van der Waals surface area contributed by atoms with Crippen molar-refractivity contribution in [1.29, 1.82) is 0 Å². The Kier molecular flexibility index (Phi) is 4.68. The van der Waals surface area contributed by atoms with Gasteiger partial charge in [-0.3, -0.25) is 0 Å². The molecule has 3 N–H and O–H groups in total. The lowest BCUT2D eigenvalue weighted by atomic mass is 10.0. The molecule has 0 aliphatic heterocycles. The number of anilines is 1. The fourth-order valence-corrected chi connectivity index (χ4v) is 2.89. The Morgan fingerprint density at radius 3 is 2.68 bits per heavy atom. The van der Waals surface area contributed by atoms with E-state index in [1.54, 1.807) is 0 Å². The van der Waals surface area contributed by atoms with Crippen molar-refractivity contribution in [2.24, 2.45) is 0 Å². The predicted molar refractivity (Wildman–Crippen MR) is 86.8 cm³/mol. The van der Waals surface area contributed by atoms with Crippen LogP contribution < -0.4 is 11.1 Å². The first-order chi connectivity index (χ1) is 10.2. The summed E-state index contributed by atoms with van der Waals surface area (Å²) in [6, 6.07) is 2.04. The van der Waals surface area contributed by atoms with Gasteiger partial charge in [-0.1, -0.05) is 0 Å². The highest BCUT2D eigenvalue weighted by atomic mass is 16.6. The summed E-state index contributed by atoms with van der Waals surface area (Å²) in [5.74, 6) is 0.993. The van der Waals surface area contributed by atoms with Gasteiger partial charge in [0.1, 0.15) is 11.9 Å². The summed E-state index contributed by atoms with van der Waals surface area (Å²) in [5.41, 5.74) is 6.94. The number of amides is 1. The van der Waals surface area contributed by atoms with Gasteiger partial charge in [-0.15, -0.1) is 0 Å². The first-order valence-corrected chi connectivity index (χ1v) is 8.00. The van der Waals surface area contributed by atoms with Crippen molar-refractivity contribution in [3.63, 3.8) is 0 Å². The summed E-state index contributed by atoms with van der Waals surface area (Å²) in [7, 11) is 0. The zero-order chi connectivity index (χ0) is 16.5. The van der Waals surface area contributed by atoms with Crippen molar-refractivity contribution in [2.75, 3.05) is 5.73 Å². The van der Waals surface area contributed by atoms with Gasteiger partial charge >= 0.3 is 6.09 Å². The summed E-state index contributed by atoms with van der Waals surface area (Å²) in [6.07, 6.45) is 2.29. The molecule has 0 radical (unpaired) electrons. The van der Waals surface area contributed by atoms with E-state index in [1.165, 1.54) is 0 Å². The number of nitrogens with two attached hydrogens (primary N) is 1. The summed E-state index contributed by atoms with van der Waals surface area (Å²) in [6.45, 7) is 10.1. The maximum atomic E-state index is 11.7. The van der Waals surface area contributed by atoms with Gasteiger partial charge in [-0.25, -0.2) is 9.48 Å². The van der Waals surface area contributed by atoms with E-state index in [0.29, 0.717) is 11.7 Å². The molecule has 0 spiro atoms. The molecule has 2 atom stereocenters. The Hall–Kier alpha value is -1.72. The molecule has 1 fully saturated rings. The number of nitrogen functional groups attached to an aromatic ring is 1. The molecule has 6 nitrogen and oxygen atoms in total. The molecule has 124 valence electrons. The van der Waals surface area contributed by atoms with E-state index >= 15 is 0 Å². The molecule has 1 heterocycles. The maximum absolute atomic E-state index is 11.7. The highest BCUT2D eigenvalue weighted by Crippen LogP contribution is 2.36. The van der Waals surface area contributed by atoms with E-state index in [2.05, 4.69) is 31.2 Å². The van der Waals surface area contributed by atoms with Gasteiger partial charge in [0.15, 0.2) is 0 Å². The van der Waals surface area contributed by atoms with Crippen LogP contribution in [-0.2, 0) is 10.3 Å². The van der Waals surface area contributed by atoms with E-state index < -0.39 is 0 Å². The van der Waals surface area contributed by atoms with E-state index in [4.69, 9.17) is 10.5 Å². The van der Waals surface area contributed by atoms with E-state index in [0.717, 1.165) is 25.0 Å². The molecule has 22 heavy (non-hydrogen) atoms. The molecule has 1 aliphatic carbocycles. The van der Waals surface area contributed by atoms with Gasteiger partial charge < -0.3 is 15.8 Å². The molecule has 6 heteroatoms. The number of hydrogen-bond acceptors (Lipinski definition) is 4. The second-order valence-electron chi connectivity index (χ2n) is 7.41. The summed E-state index contributed by atoms with van der Waals surface area (Å²) < 4.78 is 7.33. The summed E-state index contributed by atoms with van der Waals surface area (Å²) in [5, 5.41) is 7.42. The molecule has 1 aromatic heterocycles. The fraction of sp³-hybridized carbons (Fsp3) is 0.750. The lowest BCUT2D eigenvalue weighted by Gasteiger charge is -2.20. The van der Waals surface area contributed by atoms with Crippen LogP contribution in [0.5, 0.6) is 0 Å². The van der Waals surface area contributed by atoms with Crippen LogP contribution >= 0.6 is 0 Å². The second-order valence-corrected chi connectivity index (χ2v) is 7.41. The molecule has 0 aromatic carbocycles. The van der Waals surface area contributed by atoms with Gasteiger partial charge in [0.2, 0.25) is 0 Å². The van der Waals surface area contributed by atoms with Crippen LogP contribution in [0, 0.1) is 0 Å². The number of carbonyl (C=O) groups is 1. The number of carbonyl (C=O) groups excluding carboxylic acids is 1. The summed E-state index contributed by atoms with van der Waals surface area (Å²) >= 11 is 0. The fourth-order valence-electron chi connectivity index (χ4n) is 2.89. The van der Waals surface area contributed by atoms with E-state index in [-0.39, 0.29) is 23.8 Å². The number of rotatable bonds is 3. The zero-order valence-electron chi connectivity index (χ0n) is 14.2. The minimum Gasteiger partial charge on any atom is -0.446 e. The maximum Gasteiger partial charge on any atom is 0.407 e. The summed E-state index contributed by atoms with van der Waals surface area (Å²) in [4.78, 5) is 11.7. The Balaban J connectivity index is 1.97.